The second-order valence-corrected chi connectivity index (χ2v) is 6.41. The second kappa shape index (κ2) is 7.17. The SMILES string of the molecule is COc1ccc(C(=O)N[N]C(=O)c2ccc(C(C)(C)C)cc2)cc1. The van der Waals surface area contributed by atoms with Crippen LogP contribution in [0.15, 0.2) is 48.5 Å². The molecule has 0 unspecified atom stereocenters. The fourth-order valence-electron chi connectivity index (χ4n) is 2.09. The minimum atomic E-state index is -0.489. The quantitative estimate of drug-likeness (QED) is 0.882. The van der Waals surface area contributed by atoms with E-state index in [1.807, 2.05) is 12.1 Å². The molecule has 24 heavy (non-hydrogen) atoms. The first-order valence-corrected chi connectivity index (χ1v) is 7.61. The summed E-state index contributed by atoms with van der Waals surface area (Å²) < 4.78 is 5.03. The molecule has 1 radical (unpaired) electrons. The highest BCUT2D eigenvalue weighted by atomic mass is 16.5. The standard InChI is InChI=1S/C19H21N2O3/c1-19(2,3)15-9-5-13(6-10-15)17(22)20-21-18(23)14-7-11-16(24-4)12-8-14/h5-12H,1-4H3,(H,21,23). The minimum Gasteiger partial charge on any atom is -0.497 e. The summed E-state index contributed by atoms with van der Waals surface area (Å²) in [5, 5.41) is 0. The smallest absolute Gasteiger partial charge is 0.293 e. The van der Waals surface area contributed by atoms with Crippen LogP contribution in [0.3, 0.4) is 0 Å². The van der Waals surface area contributed by atoms with E-state index in [1.54, 1.807) is 43.5 Å². The third kappa shape index (κ3) is 4.35. The van der Waals surface area contributed by atoms with Gasteiger partial charge >= 0.3 is 0 Å². The molecule has 0 heterocycles. The van der Waals surface area contributed by atoms with Crippen LogP contribution in [0.4, 0.5) is 0 Å². The first-order valence-electron chi connectivity index (χ1n) is 7.61. The molecule has 2 aromatic carbocycles. The summed E-state index contributed by atoms with van der Waals surface area (Å²) in [5.41, 5.74) is 7.88. The number of ether oxygens (including phenoxy) is 1. The lowest BCUT2D eigenvalue weighted by Crippen LogP contribution is -2.35. The van der Waals surface area contributed by atoms with Crippen molar-refractivity contribution in [2.45, 2.75) is 26.2 Å². The van der Waals surface area contributed by atoms with Gasteiger partial charge in [0.25, 0.3) is 11.8 Å². The molecule has 125 valence electrons. The van der Waals surface area contributed by atoms with Gasteiger partial charge < -0.3 is 4.74 Å². The molecule has 5 heteroatoms. The van der Waals surface area contributed by atoms with E-state index in [0.717, 1.165) is 5.56 Å². The number of carbonyl (C=O) groups excluding carboxylic acids is 2. The van der Waals surface area contributed by atoms with E-state index in [-0.39, 0.29) is 5.41 Å². The summed E-state index contributed by atoms with van der Waals surface area (Å²) in [6.45, 7) is 6.30. The summed E-state index contributed by atoms with van der Waals surface area (Å²) in [4.78, 5) is 24.0. The average Bonchev–Trinajstić information content (AvgIpc) is 2.58. The van der Waals surface area contributed by atoms with Crippen LogP contribution in [0.5, 0.6) is 5.75 Å². The van der Waals surface area contributed by atoms with Crippen LogP contribution < -0.4 is 15.6 Å². The molecular weight excluding hydrogens is 304 g/mol. The summed E-state index contributed by atoms with van der Waals surface area (Å²) in [5.74, 6) is -0.284. The predicted octanol–water partition coefficient (Wildman–Crippen LogP) is 3.08. The van der Waals surface area contributed by atoms with Gasteiger partial charge in [-0.3, -0.25) is 9.59 Å². The monoisotopic (exact) mass is 325 g/mol. The Morgan fingerprint density at radius 1 is 0.917 bits per heavy atom. The molecule has 0 bridgehead atoms. The highest BCUT2D eigenvalue weighted by molar-refractivity contribution is 5.98. The lowest BCUT2D eigenvalue weighted by molar-refractivity contribution is 0.0841. The summed E-state index contributed by atoms with van der Waals surface area (Å²) in [7, 11) is 1.55. The van der Waals surface area contributed by atoms with Crippen molar-refractivity contribution in [2.75, 3.05) is 7.11 Å². The number of rotatable bonds is 3. The van der Waals surface area contributed by atoms with E-state index < -0.39 is 11.8 Å². The Labute approximate surface area is 142 Å². The van der Waals surface area contributed by atoms with Gasteiger partial charge in [-0.05, 0) is 47.4 Å². The topological polar surface area (TPSA) is 69.5 Å². The van der Waals surface area contributed by atoms with E-state index in [4.69, 9.17) is 4.74 Å². The Kier molecular flexibility index (Phi) is 5.24. The molecule has 0 spiro atoms. The van der Waals surface area contributed by atoms with Crippen LogP contribution in [-0.2, 0) is 5.41 Å². The minimum absolute atomic E-state index is 0.0152. The fraction of sp³-hybridized carbons (Fsp3) is 0.263. The van der Waals surface area contributed by atoms with Crippen LogP contribution in [0.2, 0.25) is 0 Å². The van der Waals surface area contributed by atoms with Crippen molar-refractivity contribution in [2.24, 2.45) is 0 Å². The molecule has 0 atom stereocenters. The molecule has 1 N–H and O–H groups in total. The fourth-order valence-corrected chi connectivity index (χ4v) is 2.09. The maximum Gasteiger partial charge on any atom is 0.293 e. The van der Waals surface area contributed by atoms with Crippen molar-refractivity contribution in [1.29, 1.82) is 0 Å². The zero-order valence-corrected chi connectivity index (χ0v) is 14.3. The molecule has 0 saturated carbocycles. The van der Waals surface area contributed by atoms with Crippen molar-refractivity contribution >= 4 is 11.8 Å². The van der Waals surface area contributed by atoms with E-state index in [2.05, 4.69) is 31.6 Å². The van der Waals surface area contributed by atoms with E-state index in [1.165, 1.54) is 0 Å². The van der Waals surface area contributed by atoms with Crippen LogP contribution in [0.1, 0.15) is 47.1 Å². The van der Waals surface area contributed by atoms with Gasteiger partial charge in [-0.25, -0.2) is 5.43 Å². The molecule has 0 aliphatic heterocycles. The average molecular weight is 325 g/mol. The maximum absolute atomic E-state index is 12.0. The molecule has 2 aromatic rings. The number of hydrogen-bond acceptors (Lipinski definition) is 3. The Morgan fingerprint density at radius 2 is 1.46 bits per heavy atom. The van der Waals surface area contributed by atoms with Gasteiger partial charge in [0, 0.05) is 11.1 Å². The first kappa shape index (κ1) is 17.5. The largest absolute Gasteiger partial charge is 0.497 e. The van der Waals surface area contributed by atoms with Gasteiger partial charge in [-0.15, -0.1) is 5.43 Å². The van der Waals surface area contributed by atoms with Crippen LogP contribution in [0.25, 0.3) is 0 Å². The van der Waals surface area contributed by atoms with Crippen molar-refractivity contribution in [3.05, 3.63) is 65.2 Å². The Balaban J connectivity index is 1.95. The molecule has 0 fully saturated rings. The van der Waals surface area contributed by atoms with Gasteiger partial charge in [0.1, 0.15) is 5.75 Å². The normalized spacial score (nSPS) is 10.8. The van der Waals surface area contributed by atoms with E-state index in [9.17, 15) is 9.59 Å². The van der Waals surface area contributed by atoms with E-state index >= 15 is 0 Å². The number of benzene rings is 2. The number of amides is 2. The second-order valence-electron chi connectivity index (χ2n) is 6.41. The molecule has 0 saturated heterocycles. The third-order valence-corrected chi connectivity index (χ3v) is 3.61. The van der Waals surface area contributed by atoms with E-state index in [0.29, 0.717) is 16.9 Å². The zero-order chi connectivity index (χ0) is 17.7. The molecule has 2 amide bonds. The lowest BCUT2D eigenvalue weighted by Gasteiger charge is -2.18. The third-order valence-electron chi connectivity index (χ3n) is 3.61. The van der Waals surface area contributed by atoms with Crippen LogP contribution >= 0.6 is 0 Å². The van der Waals surface area contributed by atoms with Crippen molar-refractivity contribution < 1.29 is 14.3 Å². The molecular formula is C19H21N2O3. The molecule has 2 rings (SSSR count). The van der Waals surface area contributed by atoms with Crippen molar-refractivity contribution in [1.82, 2.24) is 10.9 Å². The van der Waals surface area contributed by atoms with Gasteiger partial charge in [0.2, 0.25) is 0 Å². The predicted molar refractivity (Wildman–Crippen MR) is 92.1 cm³/mol. The number of hydrogen-bond donors (Lipinski definition) is 1. The van der Waals surface area contributed by atoms with Crippen molar-refractivity contribution in [3.63, 3.8) is 0 Å². The zero-order valence-electron chi connectivity index (χ0n) is 14.3. The molecule has 5 nitrogen and oxygen atoms in total. The number of nitrogens with zero attached hydrogens (tertiary/aromatic N) is 1. The maximum atomic E-state index is 12.0. The highest BCUT2D eigenvalue weighted by Crippen LogP contribution is 2.22. The Morgan fingerprint density at radius 3 is 1.96 bits per heavy atom. The molecule has 0 aliphatic rings. The summed E-state index contributed by atoms with van der Waals surface area (Å²) >= 11 is 0. The van der Waals surface area contributed by atoms with Gasteiger partial charge in [-0.1, -0.05) is 32.9 Å². The molecule has 0 aliphatic carbocycles. The Bertz CT molecular complexity index is 714. The Hall–Kier alpha value is -2.82. The van der Waals surface area contributed by atoms with Crippen molar-refractivity contribution in [3.8, 4) is 5.75 Å². The lowest BCUT2D eigenvalue weighted by atomic mass is 9.87. The molecule has 0 aromatic heterocycles. The first-order chi connectivity index (χ1) is 11.3. The van der Waals surface area contributed by atoms with Crippen LogP contribution in [0, 0.1) is 0 Å². The summed E-state index contributed by atoms with van der Waals surface area (Å²) in [6.07, 6.45) is 0. The number of carbonyl (C=O) groups is 2. The summed E-state index contributed by atoms with van der Waals surface area (Å²) in [6, 6.07) is 13.8. The number of nitrogens with one attached hydrogen (secondary N) is 1. The van der Waals surface area contributed by atoms with Crippen LogP contribution in [-0.4, -0.2) is 18.9 Å². The highest BCUT2D eigenvalue weighted by Gasteiger charge is 2.15. The van der Waals surface area contributed by atoms with Gasteiger partial charge in [0.05, 0.1) is 7.11 Å². The van der Waals surface area contributed by atoms with Gasteiger partial charge in [-0.2, -0.15) is 0 Å². The van der Waals surface area contributed by atoms with Gasteiger partial charge in [0.15, 0.2) is 0 Å². The number of methoxy groups -OCH3 is 1.